The van der Waals surface area contributed by atoms with Crippen molar-refractivity contribution in [2.45, 2.75) is 31.7 Å². The Balaban J connectivity index is 2.27. The van der Waals surface area contributed by atoms with Gasteiger partial charge in [0, 0.05) is 10.0 Å². The van der Waals surface area contributed by atoms with Crippen LogP contribution in [0.1, 0.15) is 25.3 Å². The molecule has 3 nitrogen and oxygen atoms in total. The van der Waals surface area contributed by atoms with Crippen LogP contribution in [0.25, 0.3) is 0 Å². The minimum Gasteiger partial charge on any atom is -0.493 e. The highest BCUT2D eigenvalue weighted by Crippen LogP contribution is 2.36. The predicted octanol–water partition coefficient (Wildman–Crippen LogP) is 3.15. The van der Waals surface area contributed by atoms with Gasteiger partial charge < -0.3 is 14.8 Å². The number of rotatable bonds is 4. The zero-order valence-corrected chi connectivity index (χ0v) is 12.8. The zero-order valence-electron chi connectivity index (χ0n) is 11.2. The van der Waals surface area contributed by atoms with Crippen molar-refractivity contribution >= 4 is 15.9 Å². The van der Waals surface area contributed by atoms with Crippen LogP contribution in [-0.2, 0) is 6.42 Å². The SMILES string of the molecule is COc1cc(Br)c(CC2(C)CCCN2)cc1OC. The molecule has 4 heteroatoms. The zero-order chi connectivity index (χ0) is 13.2. The molecule has 1 heterocycles. The van der Waals surface area contributed by atoms with Gasteiger partial charge in [-0.2, -0.15) is 0 Å². The maximum atomic E-state index is 5.36. The Labute approximate surface area is 117 Å². The van der Waals surface area contributed by atoms with Gasteiger partial charge >= 0.3 is 0 Å². The number of benzene rings is 1. The van der Waals surface area contributed by atoms with E-state index in [2.05, 4.69) is 34.2 Å². The molecule has 0 amide bonds. The van der Waals surface area contributed by atoms with Gasteiger partial charge in [0.1, 0.15) is 0 Å². The largest absolute Gasteiger partial charge is 0.493 e. The first-order chi connectivity index (χ1) is 8.58. The van der Waals surface area contributed by atoms with Crippen molar-refractivity contribution in [1.29, 1.82) is 0 Å². The second kappa shape index (κ2) is 5.49. The molecule has 100 valence electrons. The van der Waals surface area contributed by atoms with E-state index in [-0.39, 0.29) is 5.54 Å². The molecular weight excluding hydrogens is 294 g/mol. The van der Waals surface area contributed by atoms with Crippen LogP contribution in [0.15, 0.2) is 16.6 Å². The first-order valence-electron chi connectivity index (χ1n) is 6.23. The van der Waals surface area contributed by atoms with Gasteiger partial charge in [0.2, 0.25) is 0 Å². The molecular formula is C14H20BrNO2. The number of methoxy groups -OCH3 is 2. The molecule has 1 fully saturated rings. The lowest BCUT2D eigenvalue weighted by atomic mass is 9.91. The minimum atomic E-state index is 0.197. The maximum absolute atomic E-state index is 5.36. The molecule has 1 aromatic rings. The predicted molar refractivity (Wildman–Crippen MR) is 76.6 cm³/mol. The van der Waals surface area contributed by atoms with Gasteiger partial charge in [0.05, 0.1) is 14.2 Å². The van der Waals surface area contributed by atoms with E-state index in [0.717, 1.165) is 28.9 Å². The fraction of sp³-hybridized carbons (Fsp3) is 0.571. The number of hydrogen-bond donors (Lipinski definition) is 1. The Kier molecular flexibility index (Phi) is 4.17. The molecule has 1 saturated heterocycles. The van der Waals surface area contributed by atoms with Gasteiger partial charge in [-0.3, -0.25) is 0 Å². The Morgan fingerprint density at radius 3 is 2.50 bits per heavy atom. The third-order valence-corrected chi connectivity index (χ3v) is 4.33. The quantitative estimate of drug-likeness (QED) is 0.926. The molecule has 0 aliphatic carbocycles. The third kappa shape index (κ3) is 2.81. The summed E-state index contributed by atoms with van der Waals surface area (Å²) in [4.78, 5) is 0. The molecule has 1 aliphatic rings. The van der Waals surface area contributed by atoms with Crippen LogP contribution in [0.2, 0.25) is 0 Å². The molecule has 1 unspecified atom stereocenters. The third-order valence-electron chi connectivity index (χ3n) is 3.59. The van der Waals surface area contributed by atoms with Crippen LogP contribution in [0, 0.1) is 0 Å². The number of ether oxygens (including phenoxy) is 2. The average Bonchev–Trinajstić information content (AvgIpc) is 2.78. The fourth-order valence-electron chi connectivity index (χ4n) is 2.56. The molecule has 0 bridgehead atoms. The van der Waals surface area contributed by atoms with Gasteiger partial charge in [-0.15, -0.1) is 0 Å². The van der Waals surface area contributed by atoms with Crippen molar-refractivity contribution in [2.75, 3.05) is 20.8 Å². The second-order valence-corrected chi connectivity index (χ2v) is 5.92. The summed E-state index contributed by atoms with van der Waals surface area (Å²) < 4.78 is 11.7. The summed E-state index contributed by atoms with van der Waals surface area (Å²) in [6, 6.07) is 4.04. The first kappa shape index (κ1) is 13.7. The monoisotopic (exact) mass is 313 g/mol. The lowest BCUT2D eigenvalue weighted by Gasteiger charge is -2.25. The topological polar surface area (TPSA) is 30.5 Å². The van der Waals surface area contributed by atoms with Crippen molar-refractivity contribution in [3.8, 4) is 11.5 Å². The van der Waals surface area contributed by atoms with Gasteiger partial charge in [-0.05, 0) is 50.4 Å². The number of halogens is 1. The van der Waals surface area contributed by atoms with E-state index >= 15 is 0 Å². The molecule has 1 aromatic carbocycles. The summed E-state index contributed by atoms with van der Waals surface area (Å²) in [5.74, 6) is 1.55. The van der Waals surface area contributed by atoms with E-state index < -0.39 is 0 Å². The van der Waals surface area contributed by atoms with Gasteiger partial charge in [0.15, 0.2) is 11.5 Å². The van der Waals surface area contributed by atoms with Crippen LogP contribution >= 0.6 is 15.9 Å². The Morgan fingerprint density at radius 1 is 1.28 bits per heavy atom. The molecule has 0 radical (unpaired) electrons. The van der Waals surface area contributed by atoms with Gasteiger partial charge in [0.25, 0.3) is 0 Å². The van der Waals surface area contributed by atoms with Crippen LogP contribution in [0.5, 0.6) is 11.5 Å². The number of nitrogens with one attached hydrogen (secondary N) is 1. The fourth-order valence-corrected chi connectivity index (χ4v) is 3.02. The molecule has 0 aromatic heterocycles. The highest BCUT2D eigenvalue weighted by atomic mass is 79.9. The van der Waals surface area contributed by atoms with Crippen LogP contribution in [0.4, 0.5) is 0 Å². The lowest BCUT2D eigenvalue weighted by Crippen LogP contribution is -2.38. The van der Waals surface area contributed by atoms with E-state index in [1.165, 1.54) is 18.4 Å². The van der Waals surface area contributed by atoms with E-state index in [1.54, 1.807) is 14.2 Å². The molecule has 1 N–H and O–H groups in total. The van der Waals surface area contributed by atoms with E-state index in [9.17, 15) is 0 Å². The summed E-state index contributed by atoms with van der Waals surface area (Å²) in [5, 5.41) is 3.58. The summed E-state index contributed by atoms with van der Waals surface area (Å²) >= 11 is 3.62. The minimum absolute atomic E-state index is 0.197. The molecule has 2 rings (SSSR count). The smallest absolute Gasteiger partial charge is 0.161 e. The summed E-state index contributed by atoms with van der Waals surface area (Å²) in [7, 11) is 3.33. The molecule has 1 atom stereocenters. The van der Waals surface area contributed by atoms with Crippen molar-refractivity contribution in [1.82, 2.24) is 5.32 Å². The van der Waals surface area contributed by atoms with E-state index in [0.29, 0.717) is 0 Å². The van der Waals surface area contributed by atoms with E-state index in [4.69, 9.17) is 9.47 Å². The second-order valence-electron chi connectivity index (χ2n) is 5.07. The normalized spacial score (nSPS) is 23.1. The van der Waals surface area contributed by atoms with Gasteiger partial charge in [-0.25, -0.2) is 0 Å². The molecule has 1 aliphatic heterocycles. The standard InChI is InChI=1S/C14H20BrNO2/c1-14(5-4-6-16-14)9-10-7-12(17-2)13(18-3)8-11(10)15/h7-8,16H,4-6,9H2,1-3H3. The summed E-state index contributed by atoms with van der Waals surface area (Å²) in [6.07, 6.45) is 3.46. The highest BCUT2D eigenvalue weighted by molar-refractivity contribution is 9.10. The highest BCUT2D eigenvalue weighted by Gasteiger charge is 2.29. The summed E-state index contributed by atoms with van der Waals surface area (Å²) in [6.45, 7) is 3.39. The first-order valence-corrected chi connectivity index (χ1v) is 7.03. The van der Waals surface area contributed by atoms with Crippen LogP contribution < -0.4 is 14.8 Å². The molecule has 18 heavy (non-hydrogen) atoms. The van der Waals surface area contributed by atoms with Crippen molar-refractivity contribution in [3.63, 3.8) is 0 Å². The number of hydrogen-bond acceptors (Lipinski definition) is 3. The Hall–Kier alpha value is -0.740. The van der Waals surface area contributed by atoms with E-state index in [1.807, 2.05) is 6.07 Å². The van der Waals surface area contributed by atoms with Crippen molar-refractivity contribution < 1.29 is 9.47 Å². The maximum Gasteiger partial charge on any atom is 0.161 e. The Morgan fingerprint density at radius 2 is 1.94 bits per heavy atom. The molecule has 0 spiro atoms. The van der Waals surface area contributed by atoms with Crippen molar-refractivity contribution in [2.24, 2.45) is 0 Å². The average molecular weight is 314 g/mol. The molecule has 0 saturated carbocycles. The van der Waals surface area contributed by atoms with Crippen molar-refractivity contribution in [3.05, 3.63) is 22.2 Å². The van der Waals surface area contributed by atoms with Gasteiger partial charge in [-0.1, -0.05) is 15.9 Å². The van der Waals surface area contributed by atoms with Crippen LogP contribution in [-0.4, -0.2) is 26.3 Å². The van der Waals surface area contributed by atoms with Crippen LogP contribution in [0.3, 0.4) is 0 Å². The Bertz CT molecular complexity index is 428. The summed E-state index contributed by atoms with van der Waals surface area (Å²) in [5.41, 5.74) is 1.45. The lowest BCUT2D eigenvalue weighted by molar-refractivity contribution is 0.353.